The first-order chi connectivity index (χ1) is 12.4. The molecule has 0 aliphatic heterocycles. The second-order valence-electron chi connectivity index (χ2n) is 6.16. The zero-order valence-corrected chi connectivity index (χ0v) is 19.4. The van der Waals surface area contributed by atoms with Crippen molar-refractivity contribution in [2.24, 2.45) is 5.92 Å². The Balaban J connectivity index is 3.17. The number of halogens is 1. The highest BCUT2D eigenvalue weighted by atomic mass is 28.4. The molecule has 1 rings (SSSR count). The molecule has 2 unspecified atom stereocenters. The fraction of sp³-hybridized carbons (Fsp3) is 1.00. The van der Waals surface area contributed by atoms with Crippen LogP contribution in [0.25, 0.3) is 0 Å². The average molecular weight is 413 g/mol. The van der Waals surface area contributed by atoms with E-state index in [0.29, 0.717) is 39.6 Å². The SMILES string of the molecule is CCO[Si](OCC)(OCC)C1C(C)C([Si](OCC)(OCC)OCC)C1F. The molecule has 0 aromatic carbocycles. The third-order valence-corrected chi connectivity index (χ3v) is 12.2. The molecule has 0 heterocycles. The second kappa shape index (κ2) is 11.2. The zero-order chi connectivity index (χ0) is 19.8. The highest BCUT2D eigenvalue weighted by Gasteiger charge is 2.73. The van der Waals surface area contributed by atoms with Crippen LogP contribution in [0.2, 0.25) is 11.1 Å². The zero-order valence-electron chi connectivity index (χ0n) is 17.4. The number of alkyl halides is 1. The third-order valence-electron chi connectivity index (χ3n) is 4.71. The summed E-state index contributed by atoms with van der Waals surface area (Å²) in [5.41, 5.74) is -0.860. The molecule has 1 aliphatic rings. The molecule has 0 bridgehead atoms. The van der Waals surface area contributed by atoms with E-state index in [-0.39, 0.29) is 5.92 Å². The monoisotopic (exact) mass is 412 g/mol. The normalized spacial score (nSPS) is 26.8. The smallest absolute Gasteiger partial charge is 0.374 e. The molecule has 26 heavy (non-hydrogen) atoms. The Morgan fingerprint density at radius 2 is 0.808 bits per heavy atom. The largest absolute Gasteiger partial charge is 0.507 e. The molecular weight excluding hydrogens is 375 g/mol. The molecule has 0 spiro atoms. The summed E-state index contributed by atoms with van der Waals surface area (Å²) in [6, 6.07) is 0. The van der Waals surface area contributed by atoms with E-state index in [2.05, 4.69) is 0 Å². The highest BCUT2D eigenvalue weighted by Crippen LogP contribution is 2.60. The van der Waals surface area contributed by atoms with Crippen molar-refractivity contribution in [1.29, 1.82) is 0 Å². The molecule has 0 radical (unpaired) electrons. The lowest BCUT2D eigenvalue weighted by atomic mass is 9.83. The number of hydrogen-bond acceptors (Lipinski definition) is 6. The number of hydrogen-bond donors (Lipinski definition) is 0. The molecule has 1 aliphatic carbocycles. The van der Waals surface area contributed by atoms with Gasteiger partial charge in [-0.2, -0.15) is 0 Å². The minimum atomic E-state index is -3.15. The summed E-state index contributed by atoms with van der Waals surface area (Å²) in [6.07, 6.45) is -1.20. The minimum Gasteiger partial charge on any atom is -0.374 e. The Morgan fingerprint density at radius 3 is 0.962 bits per heavy atom. The van der Waals surface area contributed by atoms with Gasteiger partial charge in [-0.15, -0.1) is 0 Å². The van der Waals surface area contributed by atoms with E-state index in [1.165, 1.54) is 0 Å². The summed E-state index contributed by atoms with van der Waals surface area (Å²) in [5, 5.41) is 0. The van der Waals surface area contributed by atoms with Gasteiger partial charge >= 0.3 is 17.6 Å². The Hall–Kier alpha value is 0.124. The molecule has 156 valence electrons. The standard InChI is InChI=1S/C17H37FO6Si2/c1-8-19-25(20-9-2,21-10-3)16-14(7)17(15(16)18)26(22-11-4,23-12-5)24-13-6/h14-17H,8-13H2,1-7H3. The first-order valence-corrected chi connectivity index (χ1v) is 13.5. The van der Waals surface area contributed by atoms with Gasteiger partial charge in [0.2, 0.25) is 0 Å². The van der Waals surface area contributed by atoms with Gasteiger partial charge in [0.25, 0.3) is 0 Å². The lowest BCUT2D eigenvalue weighted by Gasteiger charge is -2.54. The second-order valence-corrected chi connectivity index (χ2v) is 11.6. The van der Waals surface area contributed by atoms with Gasteiger partial charge in [0.15, 0.2) is 0 Å². The van der Waals surface area contributed by atoms with Gasteiger partial charge in [0.1, 0.15) is 6.17 Å². The van der Waals surface area contributed by atoms with Crippen molar-refractivity contribution in [3.63, 3.8) is 0 Å². The molecule has 2 atom stereocenters. The predicted molar refractivity (Wildman–Crippen MR) is 103 cm³/mol. The van der Waals surface area contributed by atoms with E-state index in [1.807, 2.05) is 48.5 Å². The van der Waals surface area contributed by atoms with Crippen LogP contribution in [0.3, 0.4) is 0 Å². The summed E-state index contributed by atoms with van der Waals surface area (Å²) in [5.74, 6) is -0.0716. The Kier molecular flexibility index (Phi) is 10.4. The molecule has 0 aromatic rings. The molecule has 6 nitrogen and oxygen atoms in total. The summed E-state index contributed by atoms with van der Waals surface area (Å²) < 4.78 is 51.3. The van der Waals surface area contributed by atoms with Crippen LogP contribution in [0.4, 0.5) is 4.39 Å². The van der Waals surface area contributed by atoms with E-state index in [4.69, 9.17) is 26.6 Å². The molecular formula is C17H37FO6Si2. The maximum Gasteiger partial charge on any atom is 0.507 e. The Labute approximate surface area is 160 Å². The van der Waals surface area contributed by atoms with Gasteiger partial charge in [-0.25, -0.2) is 4.39 Å². The summed E-state index contributed by atoms with van der Waals surface area (Å²) >= 11 is 0. The Morgan fingerprint density at radius 1 is 0.577 bits per heavy atom. The van der Waals surface area contributed by atoms with Crippen LogP contribution in [0, 0.1) is 5.92 Å². The maximum atomic E-state index is 15.6. The number of rotatable bonds is 14. The molecule has 0 saturated heterocycles. The van der Waals surface area contributed by atoms with Crippen molar-refractivity contribution >= 4 is 17.6 Å². The van der Waals surface area contributed by atoms with Crippen molar-refractivity contribution < 1.29 is 30.9 Å². The lowest BCUT2D eigenvalue weighted by molar-refractivity contribution is -0.0251. The van der Waals surface area contributed by atoms with E-state index in [0.717, 1.165) is 0 Å². The van der Waals surface area contributed by atoms with Crippen LogP contribution in [-0.2, 0) is 26.6 Å². The van der Waals surface area contributed by atoms with E-state index >= 15 is 4.39 Å². The van der Waals surface area contributed by atoms with Crippen LogP contribution in [-0.4, -0.2) is 63.4 Å². The highest BCUT2D eigenvalue weighted by molar-refractivity contribution is 6.67. The van der Waals surface area contributed by atoms with Gasteiger partial charge in [-0.1, -0.05) is 6.92 Å². The van der Waals surface area contributed by atoms with E-state index < -0.39 is 34.9 Å². The van der Waals surface area contributed by atoms with Gasteiger partial charge in [-0.05, 0) is 47.5 Å². The third kappa shape index (κ3) is 4.75. The lowest BCUT2D eigenvalue weighted by Crippen LogP contribution is -2.68. The first kappa shape index (κ1) is 24.2. The van der Waals surface area contributed by atoms with Crippen molar-refractivity contribution in [2.45, 2.75) is 65.7 Å². The predicted octanol–water partition coefficient (Wildman–Crippen LogP) is 3.81. The molecule has 0 amide bonds. The minimum absolute atomic E-state index is 0.0716. The van der Waals surface area contributed by atoms with Crippen molar-refractivity contribution in [1.82, 2.24) is 0 Å². The maximum absolute atomic E-state index is 15.6. The first-order valence-electron chi connectivity index (χ1n) is 9.91. The molecule has 1 fully saturated rings. The van der Waals surface area contributed by atoms with Gasteiger partial charge in [0.05, 0.1) is 11.1 Å². The topological polar surface area (TPSA) is 55.4 Å². The van der Waals surface area contributed by atoms with Crippen molar-refractivity contribution in [2.75, 3.05) is 39.6 Å². The summed E-state index contributed by atoms with van der Waals surface area (Å²) in [6.45, 7) is 15.9. The Bertz CT molecular complexity index is 325. The summed E-state index contributed by atoms with van der Waals surface area (Å²) in [4.78, 5) is 0. The molecule has 0 aromatic heterocycles. The van der Waals surface area contributed by atoms with Gasteiger partial charge in [-0.3, -0.25) is 0 Å². The van der Waals surface area contributed by atoms with Crippen LogP contribution in [0.5, 0.6) is 0 Å². The van der Waals surface area contributed by atoms with Crippen molar-refractivity contribution in [3.05, 3.63) is 0 Å². The molecule has 1 saturated carbocycles. The quantitative estimate of drug-likeness (QED) is 0.404. The summed E-state index contributed by atoms with van der Waals surface area (Å²) in [7, 11) is -6.29. The fourth-order valence-electron chi connectivity index (χ4n) is 3.95. The molecule has 0 N–H and O–H groups in total. The van der Waals surface area contributed by atoms with E-state index in [9.17, 15) is 0 Å². The molecule has 9 heteroatoms. The van der Waals surface area contributed by atoms with Gasteiger partial charge in [0, 0.05) is 39.6 Å². The average Bonchev–Trinajstić information content (AvgIpc) is 2.56. The van der Waals surface area contributed by atoms with Crippen molar-refractivity contribution in [3.8, 4) is 0 Å². The van der Waals surface area contributed by atoms with Crippen LogP contribution in [0.15, 0.2) is 0 Å². The van der Waals surface area contributed by atoms with E-state index in [1.54, 1.807) is 0 Å². The van der Waals surface area contributed by atoms with Crippen LogP contribution in [0.1, 0.15) is 48.5 Å². The fourth-order valence-corrected chi connectivity index (χ4v) is 11.3. The van der Waals surface area contributed by atoms with Crippen LogP contribution < -0.4 is 0 Å². The van der Waals surface area contributed by atoms with Crippen LogP contribution >= 0.6 is 0 Å². The van der Waals surface area contributed by atoms with Gasteiger partial charge < -0.3 is 26.6 Å².